The standard InChI is InChI=1S/C14H11ClFNO/c15-11-3-1-9(2-4-11)13-6-5-12(16)7-10(13)8-14(17)18/h1-7H,8H2,(H2,17,18). The van der Waals surface area contributed by atoms with Gasteiger partial charge in [0.05, 0.1) is 6.42 Å². The van der Waals surface area contributed by atoms with Gasteiger partial charge in [0.1, 0.15) is 5.82 Å². The molecule has 0 aliphatic rings. The minimum Gasteiger partial charge on any atom is -0.369 e. The highest BCUT2D eigenvalue weighted by Gasteiger charge is 2.09. The van der Waals surface area contributed by atoms with Crippen molar-refractivity contribution in [1.29, 1.82) is 0 Å². The molecule has 18 heavy (non-hydrogen) atoms. The lowest BCUT2D eigenvalue weighted by atomic mass is 9.97. The molecule has 0 atom stereocenters. The van der Waals surface area contributed by atoms with E-state index in [0.29, 0.717) is 10.6 Å². The van der Waals surface area contributed by atoms with E-state index in [0.717, 1.165) is 11.1 Å². The fraction of sp³-hybridized carbons (Fsp3) is 0.0714. The van der Waals surface area contributed by atoms with E-state index in [-0.39, 0.29) is 12.2 Å². The van der Waals surface area contributed by atoms with Crippen LogP contribution in [0.1, 0.15) is 5.56 Å². The molecular formula is C14H11ClFNO. The van der Waals surface area contributed by atoms with Crippen LogP contribution in [-0.4, -0.2) is 5.91 Å². The minimum absolute atomic E-state index is 0.00964. The molecule has 2 N–H and O–H groups in total. The van der Waals surface area contributed by atoms with Crippen LogP contribution in [0.4, 0.5) is 4.39 Å². The summed E-state index contributed by atoms with van der Waals surface area (Å²) >= 11 is 5.81. The first kappa shape index (κ1) is 12.6. The molecule has 0 unspecified atom stereocenters. The van der Waals surface area contributed by atoms with Crippen molar-refractivity contribution in [2.45, 2.75) is 6.42 Å². The summed E-state index contributed by atoms with van der Waals surface area (Å²) in [6.07, 6.45) is 0.00964. The second-order valence-corrected chi connectivity index (χ2v) is 4.39. The van der Waals surface area contributed by atoms with Gasteiger partial charge in [0.15, 0.2) is 0 Å². The van der Waals surface area contributed by atoms with Crippen LogP contribution in [0.5, 0.6) is 0 Å². The van der Waals surface area contributed by atoms with Crippen LogP contribution in [0.25, 0.3) is 11.1 Å². The molecule has 0 spiro atoms. The summed E-state index contributed by atoms with van der Waals surface area (Å²) in [5.41, 5.74) is 7.39. The van der Waals surface area contributed by atoms with Crippen molar-refractivity contribution < 1.29 is 9.18 Å². The quantitative estimate of drug-likeness (QED) is 0.908. The summed E-state index contributed by atoms with van der Waals surface area (Å²) in [5, 5.41) is 0.623. The second-order valence-electron chi connectivity index (χ2n) is 3.95. The van der Waals surface area contributed by atoms with Crippen molar-refractivity contribution >= 4 is 17.5 Å². The summed E-state index contributed by atoms with van der Waals surface area (Å²) < 4.78 is 13.2. The Labute approximate surface area is 109 Å². The molecule has 1 amide bonds. The Bertz CT molecular complexity index is 581. The van der Waals surface area contributed by atoms with Gasteiger partial charge in [-0.15, -0.1) is 0 Å². The van der Waals surface area contributed by atoms with E-state index in [1.54, 1.807) is 18.2 Å². The van der Waals surface area contributed by atoms with Crippen LogP contribution in [0.2, 0.25) is 5.02 Å². The maximum atomic E-state index is 13.2. The van der Waals surface area contributed by atoms with Gasteiger partial charge < -0.3 is 5.73 Å². The molecule has 0 saturated carbocycles. The molecule has 4 heteroatoms. The molecule has 0 saturated heterocycles. The van der Waals surface area contributed by atoms with E-state index in [9.17, 15) is 9.18 Å². The molecule has 0 fully saturated rings. The van der Waals surface area contributed by atoms with Gasteiger partial charge in [0, 0.05) is 5.02 Å². The second kappa shape index (κ2) is 5.19. The SMILES string of the molecule is NC(=O)Cc1cc(F)ccc1-c1ccc(Cl)cc1. The van der Waals surface area contributed by atoms with E-state index in [2.05, 4.69) is 0 Å². The zero-order valence-electron chi connectivity index (χ0n) is 9.49. The lowest BCUT2D eigenvalue weighted by Crippen LogP contribution is -2.14. The van der Waals surface area contributed by atoms with E-state index in [1.807, 2.05) is 12.1 Å². The number of carbonyl (C=O) groups excluding carboxylic acids is 1. The number of rotatable bonds is 3. The van der Waals surface area contributed by atoms with Gasteiger partial charge in [-0.2, -0.15) is 0 Å². The predicted octanol–water partition coefficient (Wildman–Crippen LogP) is 3.17. The summed E-state index contributed by atoms with van der Waals surface area (Å²) in [6.45, 7) is 0. The third-order valence-corrected chi connectivity index (χ3v) is 2.84. The summed E-state index contributed by atoms with van der Waals surface area (Å²) in [5.74, 6) is -0.875. The van der Waals surface area contributed by atoms with E-state index >= 15 is 0 Å². The molecule has 0 aliphatic heterocycles. The van der Waals surface area contributed by atoms with Crippen LogP contribution in [0, 0.1) is 5.82 Å². The highest BCUT2D eigenvalue weighted by Crippen LogP contribution is 2.26. The van der Waals surface area contributed by atoms with Crippen LogP contribution < -0.4 is 5.73 Å². The van der Waals surface area contributed by atoms with Crippen molar-refractivity contribution in [1.82, 2.24) is 0 Å². The minimum atomic E-state index is -0.490. The van der Waals surface area contributed by atoms with Gasteiger partial charge in [0.2, 0.25) is 5.91 Å². The maximum absolute atomic E-state index is 13.2. The summed E-state index contributed by atoms with van der Waals surface area (Å²) in [4.78, 5) is 11.0. The van der Waals surface area contributed by atoms with Crippen LogP contribution in [-0.2, 0) is 11.2 Å². The van der Waals surface area contributed by atoms with Gasteiger partial charge in [-0.3, -0.25) is 4.79 Å². The largest absolute Gasteiger partial charge is 0.369 e. The average Bonchev–Trinajstić information content (AvgIpc) is 2.30. The van der Waals surface area contributed by atoms with Crippen molar-refractivity contribution in [2.75, 3.05) is 0 Å². The zero-order valence-corrected chi connectivity index (χ0v) is 10.2. The Hall–Kier alpha value is -1.87. The molecular weight excluding hydrogens is 253 g/mol. The molecule has 0 bridgehead atoms. The molecule has 0 aromatic heterocycles. The number of amides is 1. The maximum Gasteiger partial charge on any atom is 0.221 e. The molecule has 0 heterocycles. The fourth-order valence-corrected chi connectivity index (χ4v) is 1.93. The number of hydrogen-bond donors (Lipinski definition) is 1. The smallest absolute Gasteiger partial charge is 0.221 e. The van der Waals surface area contributed by atoms with Crippen LogP contribution >= 0.6 is 11.6 Å². The number of halogens is 2. The molecule has 2 rings (SSSR count). The monoisotopic (exact) mass is 263 g/mol. The molecule has 0 radical (unpaired) electrons. The van der Waals surface area contributed by atoms with Gasteiger partial charge in [0.25, 0.3) is 0 Å². The van der Waals surface area contributed by atoms with Crippen molar-refractivity contribution in [3.8, 4) is 11.1 Å². The lowest BCUT2D eigenvalue weighted by Gasteiger charge is -2.08. The highest BCUT2D eigenvalue weighted by atomic mass is 35.5. The Morgan fingerprint density at radius 2 is 1.83 bits per heavy atom. The Morgan fingerprint density at radius 1 is 1.17 bits per heavy atom. The fourth-order valence-electron chi connectivity index (χ4n) is 1.81. The van der Waals surface area contributed by atoms with Crippen molar-refractivity contribution in [2.24, 2.45) is 5.73 Å². The third kappa shape index (κ3) is 2.87. The van der Waals surface area contributed by atoms with Crippen molar-refractivity contribution in [3.63, 3.8) is 0 Å². The van der Waals surface area contributed by atoms with Gasteiger partial charge in [-0.25, -0.2) is 4.39 Å². The first-order valence-corrected chi connectivity index (χ1v) is 5.77. The molecule has 92 valence electrons. The number of hydrogen-bond acceptors (Lipinski definition) is 1. The van der Waals surface area contributed by atoms with Gasteiger partial charge in [-0.1, -0.05) is 29.8 Å². The average molecular weight is 264 g/mol. The van der Waals surface area contributed by atoms with E-state index in [4.69, 9.17) is 17.3 Å². The van der Waals surface area contributed by atoms with Crippen molar-refractivity contribution in [3.05, 3.63) is 58.9 Å². The summed E-state index contributed by atoms with van der Waals surface area (Å²) in [7, 11) is 0. The number of primary amides is 1. The lowest BCUT2D eigenvalue weighted by molar-refractivity contribution is -0.117. The molecule has 0 aliphatic carbocycles. The number of benzene rings is 2. The normalized spacial score (nSPS) is 10.3. The van der Waals surface area contributed by atoms with Gasteiger partial charge in [-0.05, 0) is 41.0 Å². The third-order valence-electron chi connectivity index (χ3n) is 2.59. The van der Waals surface area contributed by atoms with E-state index in [1.165, 1.54) is 12.1 Å². The number of nitrogens with two attached hydrogens (primary N) is 1. The van der Waals surface area contributed by atoms with Crippen LogP contribution in [0.3, 0.4) is 0 Å². The number of carbonyl (C=O) groups is 1. The molecule has 2 aromatic rings. The topological polar surface area (TPSA) is 43.1 Å². The zero-order chi connectivity index (χ0) is 13.1. The predicted molar refractivity (Wildman–Crippen MR) is 69.7 cm³/mol. The molecule has 2 nitrogen and oxygen atoms in total. The first-order chi connectivity index (χ1) is 8.56. The summed E-state index contributed by atoms with van der Waals surface area (Å²) in [6, 6.07) is 11.4. The molecule has 2 aromatic carbocycles. The highest BCUT2D eigenvalue weighted by molar-refractivity contribution is 6.30. The first-order valence-electron chi connectivity index (χ1n) is 5.39. The Kier molecular flexibility index (Phi) is 3.63. The van der Waals surface area contributed by atoms with Gasteiger partial charge >= 0.3 is 0 Å². The van der Waals surface area contributed by atoms with E-state index < -0.39 is 5.91 Å². The Balaban J connectivity index is 2.49. The van der Waals surface area contributed by atoms with Crippen LogP contribution in [0.15, 0.2) is 42.5 Å². The Morgan fingerprint density at radius 3 is 2.44 bits per heavy atom.